The van der Waals surface area contributed by atoms with Crippen LogP contribution in [-0.4, -0.2) is 17.0 Å². The van der Waals surface area contributed by atoms with Gasteiger partial charge in [0.25, 0.3) is 0 Å². The van der Waals surface area contributed by atoms with Crippen LogP contribution in [0.1, 0.15) is 46.2 Å². The first-order valence-electron chi connectivity index (χ1n) is 7.22. The van der Waals surface area contributed by atoms with E-state index in [1.165, 1.54) is 0 Å². The third-order valence-electron chi connectivity index (χ3n) is 3.84. The number of amides is 1. The predicted octanol–water partition coefficient (Wildman–Crippen LogP) is 3.25. The molecule has 0 saturated carbocycles. The average Bonchev–Trinajstić information content (AvgIpc) is 2.42. The van der Waals surface area contributed by atoms with Crippen LogP contribution >= 0.6 is 0 Å². The van der Waals surface area contributed by atoms with Gasteiger partial charge < -0.3 is 10.4 Å². The van der Waals surface area contributed by atoms with Gasteiger partial charge in [-0.15, -0.1) is 0 Å². The molecule has 1 amide bonds. The van der Waals surface area contributed by atoms with Crippen molar-refractivity contribution in [3.05, 3.63) is 35.9 Å². The Morgan fingerprint density at radius 1 is 1.05 bits per heavy atom. The highest BCUT2D eigenvalue weighted by molar-refractivity contribution is 5.84. The number of hydrogen-bond acceptors (Lipinski definition) is 2. The number of carboxylic acid groups (broad SMARTS) is 1. The summed E-state index contributed by atoms with van der Waals surface area (Å²) in [6.45, 7) is 9.36. The van der Waals surface area contributed by atoms with Gasteiger partial charge in [0.2, 0.25) is 5.91 Å². The highest BCUT2D eigenvalue weighted by Crippen LogP contribution is 2.33. The number of rotatable bonds is 5. The first-order chi connectivity index (χ1) is 9.64. The van der Waals surface area contributed by atoms with Crippen LogP contribution in [0, 0.1) is 17.3 Å². The van der Waals surface area contributed by atoms with Crippen LogP contribution in [0.3, 0.4) is 0 Å². The van der Waals surface area contributed by atoms with E-state index in [-0.39, 0.29) is 17.4 Å². The van der Waals surface area contributed by atoms with Crippen molar-refractivity contribution in [3.8, 4) is 0 Å². The minimum absolute atomic E-state index is 0.158. The molecule has 21 heavy (non-hydrogen) atoms. The highest BCUT2D eigenvalue weighted by atomic mass is 16.4. The standard InChI is InChI=1S/C17H25NO3/c1-11(12(2)16(20)21)15(19)18-14(17(3,4)5)13-9-7-6-8-10-13/h6-12,14H,1-5H3,(H,18,19)(H,20,21). The summed E-state index contributed by atoms with van der Waals surface area (Å²) in [6, 6.07) is 9.59. The summed E-state index contributed by atoms with van der Waals surface area (Å²) in [5.41, 5.74) is 0.858. The van der Waals surface area contributed by atoms with Crippen LogP contribution < -0.4 is 5.32 Å². The maximum atomic E-state index is 12.3. The number of nitrogens with one attached hydrogen (secondary N) is 1. The summed E-state index contributed by atoms with van der Waals surface area (Å²) in [7, 11) is 0. The summed E-state index contributed by atoms with van der Waals surface area (Å²) < 4.78 is 0. The number of carbonyl (C=O) groups excluding carboxylic acids is 1. The zero-order chi connectivity index (χ0) is 16.2. The maximum absolute atomic E-state index is 12.3. The molecular formula is C17H25NO3. The van der Waals surface area contributed by atoms with E-state index in [2.05, 4.69) is 26.1 Å². The van der Waals surface area contributed by atoms with Gasteiger partial charge in [-0.3, -0.25) is 9.59 Å². The average molecular weight is 291 g/mol. The van der Waals surface area contributed by atoms with E-state index in [1.54, 1.807) is 13.8 Å². The molecule has 4 nitrogen and oxygen atoms in total. The van der Waals surface area contributed by atoms with Gasteiger partial charge in [-0.2, -0.15) is 0 Å². The van der Waals surface area contributed by atoms with Gasteiger partial charge in [0.1, 0.15) is 0 Å². The zero-order valence-electron chi connectivity index (χ0n) is 13.4. The van der Waals surface area contributed by atoms with Crippen molar-refractivity contribution in [1.29, 1.82) is 0 Å². The molecule has 4 heteroatoms. The van der Waals surface area contributed by atoms with Gasteiger partial charge in [-0.1, -0.05) is 65.0 Å². The molecule has 0 saturated heterocycles. The molecule has 2 N–H and O–H groups in total. The molecule has 0 spiro atoms. The van der Waals surface area contributed by atoms with Gasteiger partial charge in [0.05, 0.1) is 12.0 Å². The minimum atomic E-state index is -0.954. The van der Waals surface area contributed by atoms with Crippen LogP contribution in [0.4, 0.5) is 0 Å². The van der Waals surface area contributed by atoms with Gasteiger partial charge in [0, 0.05) is 5.92 Å². The number of hydrogen-bond donors (Lipinski definition) is 2. The molecule has 1 aromatic rings. The molecule has 3 unspecified atom stereocenters. The molecule has 116 valence electrons. The van der Waals surface area contributed by atoms with Crippen LogP contribution in [0.15, 0.2) is 30.3 Å². The van der Waals surface area contributed by atoms with E-state index in [0.29, 0.717) is 0 Å². The van der Waals surface area contributed by atoms with Crippen molar-refractivity contribution < 1.29 is 14.7 Å². The molecule has 0 aliphatic heterocycles. The second-order valence-electron chi connectivity index (χ2n) is 6.63. The fourth-order valence-electron chi connectivity index (χ4n) is 2.16. The van der Waals surface area contributed by atoms with Crippen LogP contribution in [0.25, 0.3) is 0 Å². The third kappa shape index (κ3) is 4.59. The Balaban J connectivity index is 2.94. The molecule has 0 heterocycles. The monoisotopic (exact) mass is 291 g/mol. The van der Waals surface area contributed by atoms with Crippen molar-refractivity contribution in [2.45, 2.75) is 40.7 Å². The Kier molecular flexibility index (Phi) is 5.53. The smallest absolute Gasteiger partial charge is 0.307 e. The molecule has 0 aromatic heterocycles. The predicted molar refractivity (Wildman–Crippen MR) is 82.7 cm³/mol. The molecule has 0 aliphatic carbocycles. The summed E-state index contributed by atoms with van der Waals surface area (Å²) in [6.07, 6.45) is 0. The molecule has 0 radical (unpaired) electrons. The Hall–Kier alpha value is -1.84. The minimum Gasteiger partial charge on any atom is -0.481 e. The SMILES string of the molecule is CC(C(=O)O)C(C)C(=O)NC(c1ccccc1)C(C)(C)C. The molecule has 1 rings (SSSR count). The number of benzene rings is 1. The van der Waals surface area contributed by atoms with Crippen molar-refractivity contribution in [1.82, 2.24) is 5.32 Å². The topological polar surface area (TPSA) is 66.4 Å². The van der Waals surface area contributed by atoms with Gasteiger partial charge >= 0.3 is 5.97 Å². The van der Waals surface area contributed by atoms with E-state index < -0.39 is 17.8 Å². The Morgan fingerprint density at radius 3 is 2.00 bits per heavy atom. The van der Waals surface area contributed by atoms with Crippen molar-refractivity contribution in [3.63, 3.8) is 0 Å². The maximum Gasteiger partial charge on any atom is 0.307 e. The molecule has 3 atom stereocenters. The third-order valence-corrected chi connectivity index (χ3v) is 3.84. The van der Waals surface area contributed by atoms with Crippen molar-refractivity contribution >= 4 is 11.9 Å². The lowest BCUT2D eigenvalue weighted by molar-refractivity contribution is -0.146. The fourth-order valence-corrected chi connectivity index (χ4v) is 2.16. The number of carbonyl (C=O) groups is 2. The number of aliphatic carboxylic acids is 1. The summed E-state index contributed by atoms with van der Waals surface area (Å²) >= 11 is 0. The summed E-state index contributed by atoms with van der Waals surface area (Å²) in [5, 5.41) is 12.0. The largest absolute Gasteiger partial charge is 0.481 e. The zero-order valence-corrected chi connectivity index (χ0v) is 13.4. The molecular weight excluding hydrogens is 266 g/mol. The molecule has 0 aliphatic rings. The van der Waals surface area contributed by atoms with Gasteiger partial charge in [-0.05, 0) is 11.0 Å². The summed E-state index contributed by atoms with van der Waals surface area (Å²) in [4.78, 5) is 23.4. The first-order valence-corrected chi connectivity index (χ1v) is 7.22. The van der Waals surface area contributed by atoms with Gasteiger partial charge in [-0.25, -0.2) is 0 Å². The normalized spacial score (nSPS) is 15.9. The van der Waals surface area contributed by atoms with E-state index in [4.69, 9.17) is 5.11 Å². The second-order valence-corrected chi connectivity index (χ2v) is 6.63. The highest BCUT2D eigenvalue weighted by Gasteiger charge is 2.32. The lowest BCUT2D eigenvalue weighted by Gasteiger charge is -2.33. The van der Waals surface area contributed by atoms with E-state index in [9.17, 15) is 9.59 Å². The van der Waals surface area contributed by atoms with Crippen molar-refractivity contribution in [2.75, 3.05) is 0 Å². The Bertz CT molecular complexity index is 491. The van der Waals surface area contributed by atoms with Crippen LogP contribution in [0.5, 0.6) is 0 Å². The summed E-state index contributed by atoms with van der Waals surface area (Å²) in [5.74, 6) is -2.46. The van der Waals surface area contributed by atoms with Crippen molar-refractivity contribution in [2.24, 2.45) is 17.3 Å². The Labute approximate surface area is 126 Å². The first kappa shape index (κ1) is 17.2. The van der Waals surface area contributed by atoms with Crippen LogP contribution in [0.2, 0.25) is 0 Å². The van der Waals surface area contributed by atoms with E-state index >= 15 is 0 Å². The van der Waals surface area contributed by atoms with E-state index in [0.717, 1.165) is 5.56 Å². The second kappa shape index (κ2) is 6.74. The van der Waals surface area contributed by atoms with Gasteiger partial charge in [0.15, 0.2) is 0 Å². The Morgan fingerprint density at radius 2 is 1.57 bits per heavy atom. The van der Waals surface area contributed by atoms with E-state index in [1.807, 2.05) is 30.3 Å². The molecule has 0 bridgehead atoms. The lowest BCUT2D eigenvalue weighted by atomic mass is 9.81. The number of carboxylic acids is 1. The quantitative estimate of drug-likeness (QED) is 0.875. The van der Waals surface area contributed by atoms with Crippen LogP contribution in [-0.2, 0) is 9.59 Å². The lowest BCUT2D eigenvalue weighted by Crippen LogP contribution is -2.41. The fraction of sp³-hybridized carbons (Fsp3) is 0.529. The molecule has 1 aromatic carbocycles. The molecule has 0 fully saturated rings.